The van der Waals surface area contributed by atoms with Gasteiger partial charge in [-0.05, 0) is 11.6 Å². The Balaban J connectivity index is 2.19. The predicted octanol–water partition coefficient (Wildman–Crippen LogP) is 2.29. The van der Waals surface area contributed by atoms with Gasteiger partial charge in [-0.1, -0.05) is 24.4 Å². The maximum atomic E-state index is 9.57. The third-order valence-electron chi connectivity index (χ3n) is 3.62. The Morgan fingerprint density at radius 2 is 2.05 bits per heavy atom. The van der Waals surface area contributed by atoms with Crippen LogP contribution in [0.15, 0.2) is 65.7 Å². The lowest BCUT2D eigenvalue weighted by molar-refractivity contribution is -0.708. The van der Waals surface area contributed by atoms with Gasteiger partial charge >= 0.3 is 0 Å². The van der Waals surface area contributed by atoms with E-state index in [0.717, 1.165) is 5.56 Å². The lowest BCUT2D eigenvalue weighted by Crippen LogP contribution is -2.52. The number of rotatable bonds is 2. The van der Waals surface area contributed by atoms with Crippen molar-refractivity contribution in [3.05, 3.63) is 71.3 Å². The Labute approximate surface area is 139 Å². The molecular formula is C16H13N4S2+. The van der Waals surface area contributed by atoms with Crippen LogP contribution >= 0.6 is 24.8 Å². The topological polar surface area (TPSA) is 52.6 Å². The molecular weight excluding hydrogens is 312 g/mol. The first-order valence-corrected chi connectivity index (χ1v) is 7.57. The van der Waals surface area contributed by atoms with Crippen LogP contribution < -0.4 is 9.88 Å². The summed E-state index contributed by atoms with van der Waals surface area (Å²) >= 11 is 9.91. The van der Waals surface area contributed by atoms with E-state index in [1.165, 1.54) is 0 Å². The van der Waals surface area contributed by atoms with Crippen LogP contribution in [0.2, 0.25) is 0 Å². The van der Waals surface area contributed by atoms with Crippen molar-refractivity contribution >= 4 is 29.8 Å². The summed E-state index contributed by atoms with van der Waals surface area (Å²) in [5, 5.41) is 13.1. The van der Waals surface area contributed by atoms with Crippen molar-refractivity contribution in [2.45, 2.75) is 12.0 Å². The fourth-order valence-corrected chi connectivity index (χ4v) is 3.40. The van der Waals surface area contributed by atoms with Gasteiger partial charge in [0, 0.05) is 24.5 Å². The number of nitrogens with zero attached hydrogens (tertiary/aromatic N) is 3. The van der Waals surface area contributed by atoms with Crippen LogP contribution in [0.3, 0.4) is 0 Å². The average molecular weight is 325 g/mol. The molecule has 3 heterocycles. The van der Waals surface area contributed by atoms with Crippen LogP contribution in [0.4, 0.5) is 0 Å². The minimum atomic E-state index is -0.215. The van der Waals surface area contributed by atoms with Gasteiger partial charge in [0.05, 0.1) is 22.6 Å². The molecule has 22 heavy (non-hydrogen) atoms. The van der Waals surface area contributed by atoms with E-state index in [0.29, 0.717) is 15.6 Å². The molecule has 2 aromatic rings. The summed E-state index contributed by atoms with van der Waals surface area (Å²) in [4.78, 5) is 4.81. The highest BCUT2D eigenvalue weighted by Gasteiger charge is 2.42. The van der Waals surface area contributed by atoms with Gasteiger partial charge in [-0.15, -0.1) is 12.6 Å². The molecule has 0 bridgehead atoms. The molecule has 108 valence electrons. The van der Waals surface area contributed by atoms with Crippen molar-refractivity contribution in [1.82, 2.24) is 10.3 Å². The number of pyridine rings is 2. The second-order valence-corrected chi connectivity index (χ2v) is 5.78. The molecule has 6 heteroatoms. The minimum Gasteiger partial charge on any atom is -0.339 e. The highest BCUT2D eigenvalue weighted by Crippen LogP contribution is 2.37. The first-order chi connectivity index (χ1) is 10.7. The van der Waals surface area contributed by atoms with Crippen LogP contribution in [-0.4, -0.2) is 9.97 Å². The van der Waals surface area contributed by atoms with Gasteiger partial charge in [0.2, 0.25) is 6.04 Å². The Kier molecular flexibility index (Phi) is 4.18. The van der Waals surface area contributed by atoms with E-state index in [9.17, 15) is 5.26 Å². The highest BCUT2D eigenvalue weighted by molar-refractivity contribution is 7.85. The van der Waals surface area contributed by atoms with E-state index in [1.807, 2.05) is 47.3 Å². The van der Waals surface area contributed by atoms with Gasteiger partial charge in [-0.25, -0.2) is 0 Å². The number of aromatic nitrogens is 2. The molecule has 1 aliphatic rings. The summed E-state index contributed by atoms with van der Waals surface area (Å²) in [5.41, 5.74) is 1.50. The van der Waals surface area contributed by atoms with Crippen molar-refractivity contribution in [3.63, 3.8) is 0 Å². The van der Waals surface area contributed by atoms with Crippen molar-refractivity contribution in [3.8, 4) is 6.07 Å². The SMILES string of the molecule is N#CC1=C(S)NC(=S)[C@H]([n+]2ccccc2)[C@H]1c1cccnc1. The van der Waals surface area contributed by atoms with Crippen molar-refractivity contribution < 1.29 is 4.57 Å². The third kappa shape index (κ3) is 2.61. The maximum Gasteiger partial charge on any atom is 0.219 e. The van der Waals surface area contributed by atoms with E-state index in [1.54, 1.807) is 12.4 Å². The molecule has 1 aliphatic heterocycles. The highest BCUT2D eigenvalue weighted by atomic mass is 32.1. The Morgan fingerprint density at radius 1 is 1.27 bits per heavy atom. The van der Waals surface area contributed by atoms with Crippen LogP contribution in [0, 0.1) is 11.3 Å². The van der Waals surface area contributed by atoms with E-state index in [4.69, 9.17) is 12.2 Å². The zero-order valence-corrected chi connectivity index (χ0v) is 13.3. The lowest BCUT2D eigenvalue weighted by atomic mass is 9.84. The second-order valence-electron chi connectivity index (χ2n) is 4.89. The molecule has 0 unspecified atom stereocenters. The quantitative estimate of drug-likeness (QED) is 0.505. The van der Waals surface area contributed by atoms with E-state index < -0.39 is 0 Å². The number of hydrogen-bond acceptors (Lipinski definition) is 4. The maximum absolute atomic E-state index is 9.57. The monoisotopic (exact) mass is 325 g/mol. The normalized spacial score (nSPS) is 21.2. The molecule has 1 N–H and O–H groups in total. The number of hydrogen-bond donors (Lipinski definition) is 2. The molecule has 2 atom stereocenters. The van der Waals surface area contributed by atoms with Crippen LogP contribution in [0.25, 0.3) is 0 Å². The standard InChI is InChI=1S/C16H12N4S2/c17-9-12-13(11-5-4-6-18-10-11)14(16(22)19-15(12)21)20-7-2-1-3-8-20/h1-8,10,13-14H,(H-,19,21,22)/p+1/t13-,14+/m0/s1. The average Bonchev–Trinajstić information content (AvgIpc) is 2.56. The van der Waals surface area contributed by atoms with Crippen LogP contribution in [0.5, 0.6) is 0 Å². The summed E-state index contributed by atoms with van der Waals surface area (Å²) in [6.45, 7) is 0. The Bertz CT molecular complexity index is 766. The summed E-state index contributed by atoms with van der Waals surface area (Å²) < 4.78 is 2.00. The third-order valence-corrected chi connectivity index (χ3v) is 4.31. The summed E-state index contributed by atoms with van der Waals surface area (Å²) in [6, 6.07) is 11.7. The minimum absolute atomic E-state index is 0.189. The van der Waals surface area contributed by atoms with E-state index >= 15 is 0 Å². The largest absolute Gasteiger partial charge is 0.339 e. The smallest absolute Gasteiger partial charge is 0.219 e. The molecule has 0 fully saturated rings. The Hall–Kier alpha value is -2.23. The molecule has 3 rings (SSSR count). The van der Waals surface area contributed by atoms with Crippen LogP contribution in [-0.2, 0) is 0 Å². The van der Waals surface area contributed by atoms with Crippen molar-refractivity contribution in [1.29, 1.82) is 5.26 Å². The fraction of sp³-hybridized carbons (Fsp3) is 0.125. The second kappa shape index (κ2) is 6.26. The van der Waals surface area contributed by atoms with E-state index in [-0.39, 0.29) is 12.0 Å². The molecule has 4 nitrogen and oxygen atoms in total. The number of thiocarbonyl (C=S) groups is 1. The fourth-order valence-electron chi connectivity index (χ4n) is 2.65. The Morgan fingerprint density at radius 3 is 2.68 bits per heavy atom. The molecule has 0 amide bonds. The van der Waals surface area contributed by atoms with Gasteiger partial charge in [0.25, 0.3) is 0 Å². The zero-order valence-electron chi connectivity index (χ0n) is 11.5. The summed E-state index contributed by atoms with van der Waals surface area (Å²) in [6.07, 6.45) is 7.37. The van der Waals surface area contributed by atoms with Crippen molar-refractivity contribution in [2.24, 2.45) is 0 Å². The van der Waals surface area contributed by atoms with E-state index in [2.05, 4.69) is 29.0 Å². The van der Waals surface area contributed by atoms with Gasteiger partial charge in [0.15, 0.2) is 17.4 Å². The number of thiol groups is 1. The van der Waals surface area contributed by atoms with Gasteiger partial charge in [-0.3, -0.25) is 4.98 Å². The molecule has 0 saturated heterocycles. The molecule has 0 radical (unpaired) electrons. The molecule has 0 aliphatic carbocycles. The molecule has 0 saturated carbocycles. The zero-order chi connectivity index (χ0) is 15.5. The van der Waals surface area contributed by atoms with Crippen molar-refractivity contribution in [2.75, 3.05) is 0 Å². The van der Waals surface area contributed by atoms with Gasteiger partial charge in [0.1, 0.15) is 0 Å². The molecule has 0 aromatic carbocycles. The molecule has 2 aromatic heterocycles. The summed E-state index contributed by atoms with van der Waals surface area (Å²) in [5.74, 6) is -0.215. The number of nitriles is 1. The molecule has 0 spiro atoms. The number of allylic oxidation sites excluding steroid dienone is 1. The summed E-state index contributed by atoms with van der Waals surface area (Å²) in [7, 11) is 0. The van der Waals surface area contributed by atoms with Crippen LogP contribution in [0.1, 0.15) is 17.5 Å². The number of nitrogens with one attached hydrogen (secondary N) is 1. The predicted molar refractivity (Wildman–Crippen MR) is 90.0 cm³/mol. The van der Waals surface area contributed by atoms with Gasteiger partial charge < -0.3 is 5.32 Å². The lowest BCUT2D eigenvalue weighted by Gasteiger charge is -2.29. The first-order valence-electron chi connectivity index (χ1n) is 6.72. The van der Waals surface area contributed by atoms with Gasteiger partial charge in [-0.2, -0.15) is 9.83 Å². The first kappa shape index (κ1) is 14.7.